The van der Waals surface area contributed by atoms with E-state index in [1.54, 1.807) is 0 Å². The molecule has 0 saturated carbocycles. The van der Waals surface area contributed by atoms with E-state index in [0.29, 0.717) is 14.6 Å². The van der Waals surface area contributed by atoms with Crippen LogP contribution in [-0.2, 0) is 0 Å². The molecule has 0 bridgehead atoms. The molecule has 0 amide bonds. The fourth-order valence-corrected chi connectivity index (χ4v) is 2.94. The first-order valence-corrected chi connectivity index (χ1v) is 7.16. The lowest BCUT2D eigenvalue weighted by atomic mass is 10.2. The zero-order chi connectivity index (χ0) is 15.6. The van der Waals surface area contributed by atoms with Crippen molar-refractivity contribution in [1.29, 1.82) is 0 Å². The number of halogens is 2. The number of nitro benzene ring substituents is 1. The second-order valence-corrected chi connectivity index (χ2v) is 5.73. The van der Waals surface area contributed by atoms with Crippen LogP contribution in [0.1, 0.15) is 5.56 Å². The zero-order valence-electron chi connectivity index (χ0n) is 10.3. The summed E-state index contributed by atoms with van der Waals surface area (Å²) in [6, 6.07) is 6.59. The topological polar surface area (TPSA) is 96.0 Å². The van der Waals surface area contributed by atoms with Gasteiger partial charge in [0.2, 0.25) is 0 Å². The molecule has 108 valence electrons. The third-order valence-electron chi connectivity index (χ3n) is 2.56. The Kier molecular flexibility index (Phi) is 4.59. The van der Waals surface area contributed by atoms with Gasteiger partial charge in [0.1, 0.15) is 11.5 Å². The van der Waals surface area contributed by atoms with Gasteiger partial charge in [-0.05, 0) is 50.1 Å². The molecular formula is C13H8Br2N2O4. The number of aromatic hydroxyl groups is 2. The van der Waals surface area contributed by atoms with Gasteiger partial charge < -0.3 is 10.2 Å². The number of nitrogens with zero attached hydrogens (tertiary/aromatic N) is 2. The Balaban J connectivity index is 2.42. The molecule has 2 rings (SSSR count). The molecule has 0 aliphatic carbocycles. The van der Waals surface area contributed by atoms with Crippen molar-refractivity contribution in [2.75, 3.05) is 0 Å². The average molecular weight is 416 g/mol. The van der Waals surface area contributed by atoms with E-state index in [1.165, 1.54) is 36.5 Å². The molecule has 0 saturated heterocycles. The zero-order valence-corrected chi connectivity index (χ0v) is 13.5. The number of nitro groups is 1. The summed E-state index contributed by atoms with van der Waals surface area (Å²) in [5.41, 5.74) is 0.563. The number of non-ortho nitro benzene ring substituents is 1. The van der Waals surface area contributed by atoms with Gasteiger partial charge in [0.15, 0.2) is 0 Å². The summed E-state index contributed by atoms with van der Waals surface area (Å²) in [4.78, 5) is 14.3. The summed E-state index contributed by atoms with van der Waals surface area (Å²) in [6.45, 7) is 0. The number of benzene rings is 2. The first kappa shape index (κ1) is 15.5. The predicted octanol–water partition coefficient (Wildman–Crippen LogP) is 4.28. The van der Waals surface area contributed by atoms with E-state index in [1.807, 2.05) is 0 Å². The van der Waals surface area contributed by atoms with Gasteiger partial charge in [-0.15, -0.1) is 0 Å². The summed E-state index contributed by atoms with van der Waals surface area (Å²) < 4.78 is 1.08. The quantitative estimate of drug-likeness (QED) is 0.444. The van der Waals surface area contributed by atoms with Gasteiger partial charge in [-0.1, -0.05) is 0 Å². The van der Waals surface area contributed by atoms with Gasteiger partial charge in [0.05, 0.1) is 10.6 Å². The van der Waals surface area contributed by atoms with Gasteiger partial charge >= 0.3 is 0 Å². The molecule has 0 radical (unpaired) electrons. The summed E-state index contributed by atoms with van der Waals surface area (Å²) >= 11 is 6.51. The van der Waals surface area contributed by atoms with Crippen LogP contribution < -0.4 is 0 Å². The Hall–Kier alpha value is -1.93. The van der Waals surface area contributed by atoms with E-state index in [4.69, 9.17) is 0 Å². The SMILES string of the molecule is O=[N+]([O-])c1ccc(O)c(C=Nc2c(Br)cc(O)cc2Br)c1. The first-order chi connectivity index (χ1) is 9.88. The van der Waals surface area contributed by atoms with Crippen LogP contribution in [0.3, 0.4) is 0 Å². The smallest absolute Gasteiger partial charge is 0.270 e. The molecule has 8 heteroatoms. The number of phenolic OH excluding ortho intramolecular Hbond substituents is 2. The maximum Gasteiger partial charge on any atom is 0.270 e. The summed E-state index contributed by atoms with van der Waals surface area (Å²) in [5.74, 6) is -0.0544. The van der Waals surface area contributed by atoms with Crippen molar-refractivity contribution in [3.63, 3.8) is 0 Å². The van der Waals surface area contributed by atoms with Gasteiger partial charge in [-0.2, -0.15) is 0 Å². The van der Waals surface area contributed by atoms with Gasteiger partial charge in [0, 0.05) is 32.9 Å². The van der Waals surface area contributed by atoms with Gasteiger partial charge in [-0.25, -0.2) is 0 Å². The Morgan fingerprint density at radius 3 is 2.33 bits per heavy atom. The number of aliphatic imine (C=N–C) groups is 1. The van der Waals surface area contributed by atoms with Crippen molar-refractivity contribution in [1.82, 2.24) is 0 Å². The van der Waals surface area contributed by atoms with E-state index in [2.05, 4.69) is 36.9 Å². The molecule has 2 aromatic carbocycles. The molecule has 0 aromatic heterocycles. The molecule has 21 heavy (non-hydrogen) atoms. The first-order valence-electron chi connectivity index (χ1n) is 5.58. The van der Waals surface area contributed by atoms with Crippen molar-refractivity contribution in [2.45, 2.75) is 0 Å². The van der Waals surface area contributed by atoms with E-state index in [-0.39, 0.29) is 22.7 Å². The lowest BCUT2D eigenvalue weighted by Gasteiger charge is -2.03. The van der Waals surface area contributed by atoms with Crippen LogP contribution in [0, 0.1) is 10.1 Å². The molecule has 0 spiro atoms. The van der Waals surface area contributed by atoms with Gasteiger partial charge in [0.25, 0.3) is 5.69 Å². The van der Waals surface area contributed by atoms with Crippen molar-refractivity contribution >= 4 is 49.4 Å². The van der Waals surface area contributed by atoms with Crippen LogP contribution >= 0.6 is 31.9 Å². The Bertz CT molecular complexity index is 724. The van der Waals surface area contributed by atoms with Crippen LogP contribution in [0.25, 0.3) is 0 Å². The summed E-state index contributed by atoms with van der Waals surface area (Å²) in [7, 11) is 0. The van der Waals surface area contributed by atoms with Crippen LogP contribution in [0.5, 0.6) is 11.5 Å². The number of rotatable bonds is 3. The molecule has 0 heterocycles. The molecule has 2 aromatic rings. The summed E-state index contributed by atoms with van der Waals surface area (Å²) in [5, 5.41) is 29.8. The Labute approximate surface area is 136 Å². The number of phenols is 2. The molecule has 0 unspecified atom stereocenters. The van der Waals surface area contributed by atoms with E-state index < -0.39 is 4.92 Å². The normalized spacial score (nSPS) is 11.0. The van der Waals surface area contributed by atoms with E-state index >= 15 is 0 Å². The molecule has 2 N–H and O–H groups in total. The standard InChI is InChI=1S/C13H8Br2N2O4/c14-10-4-9(18)5-11(15)13(10)16-6-7-3-8(17(20)21)1-2-12(7)19/h1-6,18-19H. The molecule has 0 atom stereocenters. The monoisotopic (exact) mass is 414 g/mol. The minimum Gasteiger partial charge on any atom is -0.508 e. The average Bonchev–Trinajstić information content (AvgIpc) is 2.39. The van der Waals surface area contributed by atoms with Crippen LogP contribution in [0.4, 0.5) is 11.4 Å². The highest BCUT2D eigenvalue weighted by atomic mass is 79.9. The van der Waals surface area contributed by atoms with Gasteiger partial charge in [-0.3, -0.25) is 15.1 Å². The molecule has 0 fully saturated rings. The Morgan fingerprint density at radius 1 is 1.14 bits per heavy atom. The van der Waals surface area contributed by atoms with Crippen molar-refractivity contribution in [2.24, 2.45) is 4.99 Å². The predicted molar refractivity (Wildman–Crippen MR) is 85.5 cm³/mol. The third-order valence-corrected chi connectivity index (χ3v) is 3.77. The minimum atomic E-state index is -0.552. The fraction of sp³-hybridized carbons (Fsp3) is 0. The molecular weight excluding hydrogens is 408 g/mol. The Morgan fingerprint density at radius 2 is 1.76 bits per heavy atom. The molecule has 0 aliphatic heterocycles. The highest BCUT2D eigenvalue weighted by Gasteiger charge is 2.10. The maximum atomic E-state index is 10.7. The van der Waals surface area contributed by atoms with Crippen LogP contribution in [0.2, 0.25) is 0 Å². The largest absolute Gasteiger partial charge is 0.508 e. The summed E-state index contributed by atoms with van der Waals surface area (Å²) in [6.07, 6.45) is 1.31. The van der Waals surface area contributed by atoms with Crippen molar-refractivity contribution in [3.05, 3.63) is 55.0 Å². The van der Waals surface area contributed by atoms with Crippen LogP contribution in [0.15, 0.2) is 44.3 Å². The van der Waals surface area contributed by atoms with Crippen molar-refractivity contribution < 1.29 is 15.1 Å². The minimum absolute atomic E-state index is 0.0610. The maximum absolute atomic E-state index is 10.7. The number of hydrogen-bond acceptors (Lipinski definition) is 5. The van der Waals surface area contributed by atoms with Crippen LogP contribution in [-0.4, -0.2) is 21.4 Å². The lowest BCUT2D eigenvalue weighted by molar-refractivity contribution is -0.384. The van der Waals surface area contributed by atoms with Crippen molar-refractivity contribution in [3.8, 4) is 11.5 Å². The fourth-order valence-electron chi connectivity index (χ4n) is 1.57. The molecule has 6 nitrogen and oxygen atoms in total. The van der Waals surface area contributed by atoms with E-state index in [0.717, 1.165) is 0 Å². The highest BCUT2D eigenvalue weighted by molar-refractivity contribution is 9.11. The lowest BCUT2D eigenvalue weighted by Crippen LogP contribution is -1.90. The second-order valence-electron chi connectivity index (χ2n) is 4.02. The second kappa shape index (κ2) is 6.23. The number of hydrogen-bond donors (Lipinski definition) is 2. The van der Waals surface area contributed by atoms with E-state index in [9.17, 15) is 20.3 Å². The third kappa shape index (κ3) is 3.59. The molecule has 0 aliphatic rings. The highest BCUT2D eigenvalue weighted by Crippen LogP contribution is 2.37.